The molecule has 1 aromatic rings. The van der Waals surface area contributed by atoms with Gasteiger partial charge in [-0.3, -0.25) is 14.5 Å². The fourth-order valence-corrected chi connectivity index (χ4v) is 3.28. The molecule has 2 heterocycles. The maximum Gasteiger partial charge on any atom is 0.231 e. The summed E-state index contributed by atoms with van der Waals surface area (Å²) in [6, 6.07) is 5.74. The summed E-state index contributed by atoms with van der Waals surface area (Å²) in [4.78, 5) is 25.4. The number of hydrogen-bond donors (Lipinski definition) is 2. The van der Waals surface area contributed by atoms with E-state index in [9.17, 15) is 9.59 Å². The summed E-state index contributed by atoms with van der Waals surface area (Å²) in [7, 11) is 0. The van der Waals surface area contributed by atoms with Gasteiger partial charge in [0.2, 0.25) is 11.8 Å². The molecule has 7 heteroatoms. The summed E-state index contributed by atoms with van der Waals surface area (Å²) >= 11 is 0. The van der Waals surface area contributed by atoms with Gasteiger partial charge in [0.05, 0.1) is 25.7 Å². The molecule has 2 aliphatic rings. The Labute approximate surface area is 147 Å². The van der Waals surface area contributed by atoms with Crippen molar-refractivity contribution in [2.75, 3.05) is 32.8 Å². The number of hydrogen-bond acceptors (Lipinski definition) is 5. The maximum absolute atomic E-state index is 12.4. The molecule has 136 valence electrons. The van der Waals surface area contributed by atoms with Crippen LogP contribution in [-0.4, -0.2) is 49.6 Å². The van der Waals surface area contributed by atoms with Crippen molar-refractivity contribution in [3.63, 3.8) is 0 Å². The number of nitrogens with one attached hydrogen (secondary N) is 1. The van der Waals surface area contributed by atoms with Crippen LogP contribution in [0, 0.1) is 5.92 Å². The second-order valence-electron chi connectivity index (χ2n) is 6.59. The van der Waals surface area contributed by atoms with Crippen molar-refractivity contribution in [2.45, 2.75) is 25.8 Å². The van der Waals surface area contributed by atoms with Crippen molar-refractivity contribution in [2.24, 2.45) is 11.7 Å². The minimum atomic E-state index is -0.353. The molecule has 7 nitrogen and oxygen atoms in total. The highest BCUT2D eigenvalue weighted by Gasteiger charge is 2.26. The van der Waals surface area contributed by atoms with Crippen LogP contribution in [0.3, 0.4) is 0 Å². The second-order valence-corrected chi connectivity index (χ2v) is 6.59. The zero-order valence-electron chi connectivity index (χ0n) is 14.3. The van der Waals surface area contributed by atoms with Crippen LogP contribution in [0.4, 0.5) is 0 Å². The number of ether oxygens (including phenoxy) is 2. The first-order valence-electron chi connectivity index (χ1n) is 8.79. The first-order chi connectivity index (χ1) is 12.1. The van der Waals surface area contributed by atoms with E-state index in [1.165, 1.54) is 0 Å². The number of nitrogens with zero attached hydrogens (tertiary/aromatic N) is 1. The average molecular weight is 347 g/mol. The lowest BCUT2D eigenvalue weighted by Crippen LogP contribution is -2.45. The molecule has 1 unspecified atom stereocenters. The number of amides is 2. The number of carbonyl (C=O) groups excluding carboxylic acids is 2. The molecule has 0 spiro atoms. The third kappa shape index (κ3) is 4.85. The van der Waals surface area contributed by atoms with E-state index in [-0.39, 0.29) is 24.3 Å². The monoisotopic (exact) mass is 347 g/mol. The van der Waals surface area contributed by atoms with Gasteiger partial charge in [-0.05, 0) is 37.1 Å². The van der Waals surface area contributed by atoms with Crippen LogP contribution in [0.1, 0.15) is 24.8 Å². The number of primary amides is 1. The van der Waals surface area contributed by atoms with Gasteiger partial charge in [-0.25, -0.2) is 0 Å². The lowest BCUT2D eigenvalue weighted by Gasteiger charge is -2.31. The summed E-state index contributed by atoms with van der Waals surface area (Å²) in [5, 5.41) is 2.99. The summed E-state index contributed by atoms with van der Waals surface area (Å²) in [5.41, 5.74) is 6.22. The molecule has 3 N–H and O–H groups in total. The Kier molecular flexibility index (Phi) is 5.75. The fraction of sp³-hybridized carbons (Fsp3) is 0.556. The molecule has 1 saturated heterocycles. The van der Waals surface area contributed by atoms with Gasteiger partial charge in [0.25, 0.3) is 0 Å². The summed E-state index contributed by atoms with van der Waals surface area (Å²) in [6.45, 7) is 3.35. The van der Waals surface area contributed by atoms with E-state index in [0.29, 0.717) is 26.3 Å². The lowest BCUT2D eigenvalue weighted by atomic mass is 9.97. The first kappa shape index (κ1) is 17.5. The van der Waals surface area contributed by atoms with Crippen molar-refractivity contribution in [3.05, 3.63) is 23.8 Å². The van der Waals surface area contributed by atoms with Crippen molar-refractivity contribution in [3.8, 4) is 11.5 Å². The van der Waals surface area contributed by atoms with Gasteiger partial charge in [-0.1, -0.05) is 6.07 Å². The van der Waals surface area contributed by atoms with Crippen LogP contribution in [0.25, 0.3) is 0 Å². The van der Waals surface area contributed by atoms with Gasteiger partial charge < -0.3 is 20.5 Å². The van der Waals surface area contributed by atoms with Gasteiger partial charge >= 0.3 is 0 Å². The van der Waals surface area contributed by atoms with Crippen LogP contribution in [0.2, 0.25) is 0 Å². The number of carbonyl (C=O) groups is 2. The zero-order valence-corrected chi connectivity index (χ0v) is 14.3. The van der Waals surface area contributed by atoms with E-state index in [1.807, 2.05) is 23.1 Å². The minimum Gasteiger partial charge on any atom is -0.490 e. The highest BCUT2D eigenvalue weighted by Crippen LogP contribution is 2.30. The number of fused-ring (bicyclic) bond motifs is 1. The molecule has 2 amide bonds. The van der Waals surface area contributed by atoms with Crippen molar-refractivity contribution in [1.29, 1.82) is 0 Å². The normalized spacial score (nSPS) is 20.6. The Morgan fingerprint density at radius 3 is 2.80 bits per heavy atom. The van der Waals surface area contributed by atoms with E-state index in [4.69, 9.17) is 15.2 Å². The Morgan fingerprint density at radius 1 is 1.20 bits per heavy atom. The Morgan fingerprint density at radius 2 is 2.00 bits per heavy atom. The third-order valence-electron chi connectivity index (χ3n) is 4.53. The molecule has 0 saturated carbocycles. The predicted octanol–water partition coefficient (Wildman–Crippen LogP) is 0.661. The smallest absolute Gasteiger partial charge is 0.231 e. The topological polar surface area (TPSA) is 93.9 Å². The molecule has 2 aliphatic heterocycles. The summed E-state index contributed by atoms with van der Waals surface area (Å²) in [6.07, 6.45) is 2.60. The van der Waals surface area contributed by atoms with Crippen molar-refractivity contribution >= 4 is 11.8 Å². The molecule has 0 aromatic heterocycles. The minimum absolute atomic E-state index is 0.0151. The molecule has 1 aromatic carbocycles. The van der Waals surface area contributed by atoms with E-state index < -0.39 is 0 Å². The van der Waals surface area contributed by atoms with Crippen LogP contribution >= 0.6 is 0 Å². The maximum atomic E-state index is 12.4. The average Bonchev–Trinajstić information content (AvgIpc) is 2.84. The molecule has 25 heavy (non-hydrogen) atoms. The molecule has 0 bridgehead atoms. The Bertz CT molecular complexity index is 635. The highest BCUT2D eigenvalue weighted by molar-refractivity contribution is 5.79. The molecule has 0 aliphatic carbocycles. The number of nitrogens with two attached hydrogens (primary N) is 1. The number of rotatable bonds is 5. The van der Waals surface area contributed by atoms with Gasteiger partial charge in [0, 0.05) is 19.5 Å². The van der Waals surface area contributed by atoms with Gasteiger partial charge in [-0.15, -0.1) is 0 Å². The van der Waals surface area contributed by atoms with Gasteiger partial charge in [0.1, 0.15) is 0 Å². The van der Waals surface area contributed by atoms with Crippen molar-refractivity contribution in [1.82, 2.24) is 10.2 Å². The second kappa shape index (κ2) is 8.20. The molecule has 1 atom stereocenters. The van der Waals surface area contributed by atoms with E-state index in [1.54, 1.807) is 0 Å². The predicted molar refractivity (Wildman–Crippen MR) is 92.3 cm³/mol. The number of likely N-dealkylation sites (tertiary alicyclic amines) is 1. The number of benzene rings is 1. The van der Waals surface area contributed by atoms with E-state index >= 15 is 0 Å². The molecular formula is C18H25N3O4. The lowest BCUT2D eigenvalue weighted by molar-refractivity contribution is -0.128. The zero-order chi connectivity index (χ0) is 17.6. The largest absolute Gasteiger partial charge is 0.490 e. The SMILES string of the molecule is NC(=O)CN1CCCC(C(=O)NCc2ccc3c(c2)OCCCO3)C1. The Balaban J connectivity index is 1.53. The highest BCUT2D eigenvalue weighted by atomic mass is 16.5. The van der Waals surface area contributed by atoms with E-state index in [2.05, 4.69) is 5.32 Å². The molecule has 0 radical (unpaired) electrons. The van der Waals surface area contributed by atoms with Gasteiger partial charge in [-0.2, -0.15) is 0 Å². The Hall–Kier alpha value is -2.28. The van der Waals surface area contributed by atoms with Gasteiger partial charge in [0.15, 0.2) is 11.5 Å². The van der Waals surface area contributed by atoms with Crippen LogP contribution < -0.4 is 20.5 Å². The first-order valence-corrected chi connectivity index (χ1v) is 8.79. The van der Waals surface area contributed by atoms with Crippen LogP contribution in [0.15, 0.2) is 18.2 Å². The van der Waals surface area contributed by atoms with Crippen molar-refractivity contribution < 1.29 is 19.1 Å². The fourth-order valence-electron chi connectivity index (χ4n) is 3.28. The molecule has 3 rings (SSSR count). The van der Waals surface area contributed by atoms with E-state index in [0.717, 1.165) is 42.9 Å². The summed E-state index contributed by atoms with van der Waals surface area (Å²) < 4.78 is 11.3. The summed E-state index contributed by atoms with van der Waals surface area (Å²) in [5.74, 6) is 1.04. The molecule has 1 fully saturated rings. The number of piperidine rings is 1. The standard InChI is InChI=1S/C18H25N3O4/c19-17(22)12-21-6-1-3-14(11-21)18(23)20-10-13-4-5-15-16(9-13)25-8-2-7-24-15/h4-5,9,14H,1-3,6-8,10-12H2,(H2,19,22)(H,20,23). The van der Waals surface area contributed by atoms with Crippen LogP contribution in [0.5, 0.6) is 11.5 Å². The van der Waals surface area contributed by atoms with Crippen LogP contribution in [-0.2, 0) is 16.1 Å². The third-order valence-corrected chi connectivity index (χ3v) is 4.53. The molecular weight excluding hydrogens is 322 g/mol. The quantitative estimate of drug-likeness (QED) is 0.816.